The van der Waals surface area contributed by atoms with Gasteiger partial charge in [-0.15, -0.1) is 0 Å². The van der Waals surface area contributed by atoms with Crippen LogP contribution in [0.1, 0.15) is 17.3 Å². The molecule has 0 spiro atoms. The Morgan fingerprint density at radius 3 is 2.60 bits per heavy atom. The van der Waals surface area contributed by atoms with Gasteiger partial charge in [0.1, 0.15) is 11.5 Å². The van der Waals surface area contributed by atoms with Crippen molar-refractivity contribution in [1.29, 1.82) is 0 Å². The molecule has 2 aromatic rings. The van der Waals surface area contributed by atoms with Crippen LogP contribution in [0.15, 0.2) is 42.5 Å². The number of carbonyl (C=O) groups is 1. The van der Waals surface area contributed by atoms with Gasteiger partial charge in [0.15, 0.2) is 0 Å². The van der Waals surface area contributed by atoms with E-state index in [4.69, 9.17) is 10.5 Å². The third kappa shape index (κ3) is 3.20. The molecule has 0 atom stereocenters. The van der Waals surface area contributed by atoms with E-state index in [0.29, 0.717) is 18.0 Å². The molecule has 0 aliphatic rings. The average molecular weight is 272 g/mol. The maximum Gasteiger partial charge on any atom is 0.259 e. The van der Waals surface area contributed by atoms with Crippen LogP contribution in [0.5, 0.6) is 11.5 Å². The van der Waals surface area contributed by atoms with Crippen molar-refractivity contribution < 1.29 is 14.6 Å². The number of amides is 1. The normalized spacial score (nSPS) is 10.1. The number of benzene rings is 2. The molecule has 0 unspecified atom stereocenters. The molecule has 4 N–H and O–H groups in total. The van der Waals surface area contributed by atoms with Crippen molar-refractivity contribution >= 4 is 17.3 Å². The van der Waals surface area contributed by atoms with Gasteiger partial charge in [-0.25, -0.2) is 0 Å². The topological polar surface area (TPSA) is 84.6 Å². The zero-order valence-electron chi connectivity index (χ0n) is 11.1. The average Bonchev–Trinajstić information content (AvgIpc) is 2.44. The van der Waals surface area contributed by atoms with Gasteiger partial charge in [0.05, 0.1) is 12.2 Å². The number of phenols is 1. The van der Waals surface area contributed by atoms with Gasteiger partial charge in [0.2, 0.25) is 0 Å². The van der Waals surface area contributed by atoms with Crippen molar-refractivity contribution in [2.24, 2.45) is 0 Å². The molecule has 0 fully saturated rings. The first-order valence-corrected chi connectivity index (χ1v) is 6.23. The molecule has 5 heteroatoms. The van der Waals surface area contributed by atoms with E-state index < -0.39 is 5.91 Å². The number of carbonyl (C=O) groups excluding carboxylic acids is 1. The summed E-state index contributed by atoms with van der Waals surface area (Å²) in [6.45, 7) is 2.49. The fourth-order valence-corrected chi connectivity index (χ4v) is 1.74. The van der Waals surface area contributed by atoms with Crippen LogP contribution >= 0.6 is 0 Å². The Morgan fingerprint density at radius 1 is 1.25 bits per heavy atom. The second kappa shape index (κ2) is 5.97. The lowest BCUT2D eigenvalue weighted by atomic mass is 10.1. The lowest BCUT2D eigenvalue weighted by Crippen LogP contribution is -2.12. The molecule has 2 aromatic carbocycles. The fraction of sp³-hybridized carbons (Fsp3) is 0.133. The van der Waals surface area contributed by atoms with Gasteiger partial charge in [-0.05, 0) is 49.4 Å². The molecule has 0 radical (unpaired) electrons. The van der Waals surface area contributed by atoms with Crippen LogP contribution < -0.4 is 15.8 Å². The summed E-state index contributed by atoms with van der Waals surface area (Å²) in [6, 6.07) is 11.3. The molecule has 0 aliphatic carbocycles. The van der Waals surface area contributed by atoms with E-state index >= 15 is 0 Å². The second-order valence-corrected chi connectivity index (χ2v) is 4.19. The SMILES string of the molecule is CCOc1ccc(NC(=O)c2cc(N)ccc2O)cc1. The third-order valence-electron chi connectivity index (χ3n) is 2.69. The number of nitrogens with two attached hydrogens (primary N) is 1. The number of nitrogens with one attached hydrogen (secondary N) is 1. The summed E-state index contributed by atoms with van der Waals surface area (Å²) in [5.41, 5.74) is 6.77. The number of anilines is 2. The summed E-state index contributed by atoms with van der Waals surface area (Å²) in [5, 5.41) is 12.3. The molecule has 1 amide bonds. The standard InChI is InChI=1S/C15H16N2O3/c1-2-20-12-6-4-11(5-7-12)17-15(19)13-9-10(16)3-8-14(13)18/h3-9,18H,2,16H2,1H3,(H,17,19). The first-order valence-electron chi connectivity index (χ1n) is 6.23. The molecule has 0 aromatic heterocycles. The molecule has 0 saturated heterocycles. The third-order valence-corrected chi connectivity index (χ3v) is 2.69. The number of phenolic OH excluding ortho intramolecular Hbond substituents is 1. The minimum Gasteiger partial charge on any atom is -0.507 e. The van der Waals surface area contributed by atoms with Crippen molar-refractivity contribution in [1.82, 2.24) is 0 Å². The number of rotatable bonds is 4. The molecule has 2 rings (SSSR count). The van der Waals surface area contributed by atoms with Crippen LogP contribution in [0, 0.1) is 0 Å². The quantitative estimate of drug-likeness (QED) is 0.590. The molecule has 5 nitrogen and oxygen atoms in total. The van der Waals surface area contributed by atoms with Crippen LogP contribution in [0.4, 0.5) is 11.4 Å². The van der Waals surface area contributed by atoms with Gasteiger partial charge < -0.3 is 20.9 Å². The molecule has 0 bridgehead atoms. The summed E-state index contributed by atoms with van der Waals surface area (Å²) >= 11 is 0. The molecule has 0 aliphatic heterocycles. The van der Waals surface area contributed by atoms with Crippen molar-refractivity contribution in [2.45, 2.75) is 6.92 Å². The van der Waals surface area contributed by atoms with E-state index in [2.05, 4.69) is 5.32 Å². The van der Waals surface area contributed by atoms with Crippen molar-refractivity contribution in [3.05, 3.63) is 48.0 Å². The zero-order chi connectivity index (χ0) is 14.5. The monoisotopic (exact) mass is 272 g/mol. The van der Waals surface area contributed by atoms with Gasteiger partial charge >= 0.3 is 0 Å². The Balaban J connectivity index is 2.13. The molecular weight excluding hydrogens is 256 g/mol. The highest BCUT2D eigenvalue weighted by molar-refractivity contribution is 6.06. The summed E-state index contributed by atoms with van der Waals surface area (Å²) < 4.78 is 5.32. The van der Waals surface area contributed by atoms with E-state index in [1.807, 2.05) is 6.92 Å². The molecular formula is C15H16N2O3. The summed E-state index contributed by atoms with van der Waals surface area (Å²) in [6.07, 6.45) is 0. The second-order valence-electron chi connectivity index (χ2n) is 4.19. The maximum atomic E-state index is 12.0. The molecule has 0 heterocycles. The van der Waals surface area contributed by atoms with Crippen molar-refractivity contribution in [3.8, 4) is 11.5 Å². The van der Waals surface area contributed by atoms with Gasteiger partial charge in [0.25, 0.3) is 5.91 Å². The highest BCUT2D eigenvalue weighted by Gasteiger charge is 2.11. The largest absolute Gasteiger partial charge is 0.507 e. The highest BCUT2D eigenvalue weighted by Crippen LogP contribution is 2.22. The van der Waals surface area contributed by atoms with Crippen LogP contribution in [0.2, 0.25) is 0 Å². The van der Waals surface area contributed by atoms with Gasteiger partial charge in [0, 0.05) is 11.4 Å². The van der Waals surface area contributed by atoms with E-state index in [0.717, 1.165) is 5.75 Å². The van der Waals surface area contributed by atoms with Gasteiger partial charge in [-0.1, -0.05) is 0 Å². The Bertz CT molecular complexity index is 609. The lowest BCUT2D eigenvalue weighted by molar-refractivity contribution is 0.102. The van der Waals surface area contributed by atoms with Crippen LogP contribution in [-0.2, 0) is 0 Å². The minimum atomic E-state index is -0.418. The zero-order valence-corrected chi connectivity index (χ0v) is 11.1. The van der Waals surface area contributed by atoms with E-state index in [-0.39, 0.29) is 11.3 Å². The smallest absolute Gasteiger partial charge is 0.259 e. The van der Waals surface area contributed by atoms with Crippen LogP contribution in [-0.4, -0.2) is 17.6 Å². The van der Waals surface area contributed by atoms with E-state index in [1.54, 1.807) is 24.3 Å². The Labute approximate surface area is 117 Å². The molecule has 104 valence electrons. The number of hydrogen-bond acceptors (Lipinski definition) is 4. The molecule has 20 heavy (non-hydrogen) atoms. The Kier molecular flexibility index (Phi) is 4.10. The van der Waals surface area contributed by atoms with Crippen molar-refractivity contribution in [2.75, 3.05) is 17.7 Å². The summed E-state index contributed by atoms with van der Waals surface area (Å²) in [5.74, 6) is 0.207. The number of ether oxygens (including phenoxy) is 1. The van der Waals surface area contributed by atoms with E-state index in [9.17, 15) is 9.90 Å². The predicted octanol–water partition coefficient (Wildman–Crippen LogP) is 2.63. The van der Waals surface area contributed by atoms with Crippen molar-refractivity contribution in [3.63, 3.8) is 0 Å². The lowest BCUT2D eigenvalue weighted by Gasteiger charge is -2.08. The van der Waals surface area contributed by atoms with Gasteiger partial charge in [-0.3, -0.25) is 4.79 Å². The number of nitrogen functional groups attached to an aromatic ring is 1. The van der Waals surface area contributed by atoms with Crippen LogP contribution in [0.3, 0.4) is 0 Å². The highest BCUT2D eigenvalue weighted by atomic mass is 16.5. The van der Waals surface area contributed by atoms with Gasteiger partial charge in [-0.2, -0.15) is 0 Å². The van der Waals surface area contributed by atoms with E-state index in [1.165, 1.54) is 18.2 Å². The Hall–Kier alpha value is -2.69. The summed E-state index contributed by atoms with van der Waals surface area (Å²) in [7, 11) is 0. The first-order chi connectivity index (χ1) is 9.60. The van der Waals surface area contributed by atoms with Crippen LogP contribution in [0.25, 0.3) is 0 Å². The number of hydrogen-bond donors (Lipinski definition) is 3. The number of aromatic hydroxyl groups is 1. The summed E-state index contributed by atoms with van der Waals surface area (Å²) in [4.78, 5) is 12.0. The fourth-order valence-electron chi connectivity index (χ4n) is 1.74. The maximum absolute atomic E-state index is 12.0. The molecule has 0 saturated carbocycles. The Morgan fingerprint density at radius 2 is 1.95 bits per heavy atom. The minimum absolute atomic E-state index is 0.109. The first kappa shape index (κ1) is 13.7. The predicted molar refractivity (Wildman–Crippen MR) is 78.1 cm³/mol.